The molecule has 0 amide bonds. The van der Waals surface area contributed by atoms with E-state index >= 15 is 0 Å². The number of benzene rings is 1. The molecule has 4 nitrogen and oxygen atoms in total. The molecule has 0 heterocycles. The number of carbonyl (C=O) groups is 2. The van der Waals surface area contributed by atoms with E-state index in [0.717, 1.165) is 18.4 Å². The Morgan fingerprint density at radius 1 is 0.950 bits per heavy atom. The third-order valence-corrected chi connectivity index (χ3v) is 2.83. The molecule has 0 unspecified atom stereocenters. The van der Waals surface area contributed by atoms with Crippen molar-refractivity contribution in [3.8, 4) is 11.5 Å². The van der Waals surface area contributed by atoms with Gasteiger partial charge in [0.2, 0.25) is 0 Å². The molecule has 20 heavy (non-hydrogen) atoms. The molecule has 4 heteroatoms. The number of aryl methyl sites for hydroxylation is 1. The normalized spacial score (nSPS) is 10.2. The van der Waals surface area contributed by atoms with Crippen molar-refractivity contribution in [2.45, 2.75) is 52.9 Å². The highest BCUT2D eigenvalue weighted by Gasteiger charge is 2.11. The zero-order valence-electron chi connectivity index (χ0n) is 12.4. The van der Waals surface area contributed by atoms with Crippen LogP contribution in [-0.4, -0.2) is 11.9 Å². The average molecular weight is 278 g/mol. The zero-order valence-corrected chi connectivity index (χ0v) is 12.4. The largest absolute Gasteiger partial charge is 0.423 e. The highest BCUT2D eigenvalue weighted by molar-refractivity contribution is 5.73. The topological polar surface area (TPSA) is 52.6 Å². The Labute approximate surface area is 120 Å². The molecule has 0 aliphatic rings. The monoisotopic (exact) mass is 278 g/mol. The van der Waals surface area contributed by atoms with Crippen molar-refractivity contribution in [2.75, 3.05) is 0 Å². The highest BCUT2D eigenvalue weighted by atomic mass is 16.6. The molecule has 0 N–H and O–H groups in total. The summed E-state index contributed by atoms with van der Waals surface area (Å²) >= 11 is 0. The zero-order chi connectivity index (χ0) is 15.0. The molecule has 0 saturated heterocycles. The molecule has 0 bridgehead atoms. The predicted molar refractivity (Wildman–Crippen MR) is 76.9 cm³/mol. The van der Waals surface area contributed by atoms with E-state index in [4.69, 9.17) is 9.47 Å². The number of hydrogen-bond acceptors (Lipinski definition) is 4. The van der Waals surface area contributed by atoms with Gasteiger partial charge >= 0.3 is 11.9 Å². The number of unbranched alkanes of at least 4 members (excludes halogenated alkanes) is 3. The van der Waals surface area contributed by atoms with Gasteiger partial charge in [0.05, 0.1) is 0 Å². The third-order valence-electron chi connectivity index (χ3n) is 2.83. The SMILES string of the molecule is CCCCCCc1ccc(OC(C)=O)c(OC(C)=O)c1. The molecule has 0 spiro atoms. The lowest BCUT2D eigenvalue weighted by Gasteiger charge is -2.10. The van der Waals surface area contributed by atoms with Gasteiger partial charge in [-0.1, -0.05) is 32.3 Å². The van der Waals surface area contributed by atoms with E-state index in [0.29, 0.717) is 5.75 Å². The van der Waals surface area contributed by atoms with Gasteiger partial charge in [-0.3, -0.25) is 9.59 Å². The number of rotatable bonds is 7. The summed E-state index contributed by atoms with van der Waals surface area (Å²) in [6.45, 7) is 4.81. The summed E-state index contributed by atoms with van der Waals surface area (Å²) in [7, 11) is 0. The number of hydrogen-bond donors (Lipinski definition) is 0. The van der Waals surface area contributed by atoms with E-state index in [1.54, 1.807) is 12.1 Å². The lowest BCUT2D eigenvalue weighted by Crippen LogP contribution is -2.07. The summed E-state index contributed by atoms with van der Waals surface area (Å²) in [5.41, 5.74) is 1.08. The van der Waals surface area contributed by atoms with E-state index in [1.165, 1.54) is 33.1 Å². The van der Waals surface area contributed by atoms with Crippen LogP contribution in [0.15, 0.2) is 18.2 Å². The fraction of sp³-hybridized carbons (Fsp3) is 0.500. The molecular formula is C16H22O4. The molecule has 0 aliphatic heterocycles. The fourth-order valence-electron chi connectivity index (χ4n) is 1.94. The summed E-state index contributed by atoms with van der Waals surface area (Å²) in [6.07, 6.45) is 5.63. The number of ether oxygens (including phenoxy) is 2. The van der Waals surface area contributed by atoms with E-state index in [-0.39, 0.29) is 5.75 Å². The van der Waals surface area contributed by atoms with Crippen LogP contribution in [0.4, 0.5) is 0 Å². The Kier molecular flexibility index (Phi) is 6.77. The van der Waals surface area contributed by atoms with Crippen molar-refractivity contribution in [2.24, 2.45) is 0 Å². The van der Waals surface area contributed by atoms with Crippen LogP contribution in [0.2, 0.25) is 0 Å². The lowest BCUT2D eigenvalue weighted by molar-refractivity contribution is -0.134. The second-order valence-corrected chi connectivity index (χ2v) is 4.78. The van der Waals surface area contributed by atoms with Crippen LogP contribution in [0.25, 0.3) is 0 Å². The Hall–Kier alpha value is -1.84. The summed E-state index contributed by atoms with van der Waals surface area (Å²) in [6, 6.07) is 5.34. The van der Waals surface area contributed by atoms with Crippen molar-refractivity contribution >= 4 is 11.9 Å². The molecule has 1 aromatic rings. The van der Waals surface area contributed by atoms with Crippen LogP contribution >= 0.6 is 0 Å². The maximum absolute atomic E-state index is 11.1. The van der Waals surface area contributed by atoms with Gasteiger partial charge in [0.25, 0.3) is 0 Å². The first kappa shape index (κ1) is 16.2. The van der Waals surface area contributed by atoms with Crippen LogP contribution in [-0.2, 0) is 16.0 Å². The average Bonchev–Trinajstić information content (AvgIpc) is 2.36. The molecule has 110 valence electrons. The van der Waals surface area contributed by atoms with Gasteiger partial charge in [-0.25, -0.2) is 0 Å². The number of carbonyl (C=O) groups excluding carboxylic acids is 2. The minimum absolute atomic E-state index is 0.282. The molecule has 0 saturated carbocycles. The molecule has 0 radical (unpaired) electrons. The van der Waals surface area contributed by atoms with Crippen LogP contribution in [0.5, 0.6) is 11.5 Å². The van der Waals surface area contributed by atoms with Crippen LogP contribution in [0.1, 0.15) is 52.0 Å². The van der Waals surface area contributed by atoms with Crippen molar-refractivity contribution in [3.63, 3.8) is 0 Å². The van der Waals surface area contributed by atoms with Crippen molar-refractivity contribution in [1.29, 1.82) is 0 Å². The second-order valence-electron chi connectivity index (χ2n) is 4.78. The molecule has 0 aliphatic carbocycles. The molecule has 1 aromatic carbocycles. The Balaban J connectivity index is 2.78. The fourth-order valence-corrected chi connectivity index (χ4v) is 1.94. The first-order valence-electron chi connectivity index (χ1n) is 7.02. The molecular weight excluding hydrogens is 256 g/mol. The Morgan fingerprint density at radius 2 is 1.60 bits per heavy atom. The summed E-state index contributed by atoms with van der Waals surface area (Å²) in [5.74, 6) is -0.277. The summed E-state index contributed by atoms with van der Waals surface area (Å²) < 4.78 is 10.1. The summed E-state index contributed by atoms with van der Waals surface area (Å²) in [5, 5.41) is 0. The predicted octanol–water partition coefficient (Wildman–Crippen LogP) is 3.66. The molecule has 1 rings (SSSR count). The van der Waals surface area contributed by atoms with E-state index in [2.05, 4.69) is 6.92 Å². The Bertz CT molecular complexity index is 466. The quantitative estimate of drug-likeness (QED) is 0.434. The van der Waals surface area contributed by atoms with Crippen LogP contribution < -0.4 is 9.47 Å². The van der Waals surface area contributed by atoms with Crippen molar-refractivity contribution < 1.29 is 19.1 Å². The second kappa shape index (κ2) is 8.35. The Morgan fingerprint density at radius 3 is 2.20 bits per heavy atom. The third kappa shape index (κ3) is 5.87. The van der Waals surface area contributed by atoms with E-state index in [1.807, 2.05) is 6.07 Å². The van der Waals surface area contributed by atoms with Crippen LogP contribution in [0.3, 0.4) is 0 Å². The first-order chi connectivity index (χ1) is 9.52. The maximum atomic E-state index is 11.1. The number of esters is 2. The van der Waals surface area contributed by atoms with Gasteiger partial charge in [-0.15, -0.1) is 0 Å². The highest BCUT2D eigenvalue weighted by Crippen LogP contribution is 2.29. The minimum Gasteiger partial charge on any atom is -0.423 e. The first-order valence-corrected chi connectivity index (χ1v) is 7.02. The molecule has 0 fully saturated rings. The van der Waals surface area contributed by atoms with Gasteiger partial charge in [-0.05, 0) is 30.5 Å². The van der Waals surface area contributed by atoms with Gasteiger partial charge < -0.3 is 9.47 Å². The maximum Gasteiger partial charge on any atom is 0.308 e. The lowest BCUT2D eigenvalue weighted by atomic mass is 10.1. The van der Waals surface area contributed by atoms with E-state index in [9.17, 15) is 9.59 Å². The van der Waals surface area contributed by atoms with Gasteiger partial charge in [0.15, 0.2) is 11.5 Å². The summed E-state index contributed by atoms with van der Waals surface area (Å²) in [4.78, 5) is 22.1. The standard InChI is InChI=1S/C16H22O4/c1-4-5-6-7-8-14-9-10-15(19-12(2)17)16(11-14)20-13(3)18/h9-11H,4-8H2,1-3H3. The molecule has 0 atom stereocenters. The van der Waals surface area contributed by atoms with Gasteiger partial charge in [0, 0.05) is 13.8 Å². The van der Waals surface area contributed by atoms with Gasteiger partial charge in [-0.2, -0.15) is 0 Å². The minimum atomic E-state index is -0.436. The van der Waals surface area contributed by atoms with Gasteiger partial charge in [0.1, 0.15) is 0 Å². The van der Waals surface area contributed by atoms with Crippen molar-refractivity contribution in [3.05, 3.63) is 23.8 Å². The smallest absolute Gasteiger partial charge is 0.308 e. The van der Waals surface area contributed by atoms with E-state index < -0.39 is 11.9 Å². The van der Waals surface area contributed by atoms with Crippen LogP contribution in [0, 0.1) is 0 Å². The van der Waals surface area contributed by atoms with Crippen molar-refractivity contribution in [1.82, 2.24) is 0 Å². The molecule has 0 aromatic heterocycles.